The van der Waals surface area contributed by atoms with E-state index in [4.69, 9.17) is 4.74 Å². The molecule has 47 heavy (non-hydrogen) atoms. The van der Waals surface area contributed by atoms with Crippen LogP contribution in [0.4, 0.5) is 9.59 Å². The van der Waals surface area contributed by atoms with E-state index >= 15 is 0 Å². The third-order valence-corrected chi connectivity index (χ3v) is 8.54. The molecule has 2 unspecified atom stereocenters. The van der Waals surface area contributed by atoms with Crippen molar-refractivity contribution in [3.63, 3.8) is 0 Å². The van der Waals surface area contributed by atoms with Gasteiger partial charge in [-0.3, -0.25) is 14.2 Å². The molecule has 1 aromatic heterocycles. The molecule has 2 heterocycles. The maximum absolute atomic E-state index is 14.0. The first kappa shape index (κ1) is 40.1. The van der Waals surface area contributed by atoms with Crippen molar-refractivity contribution < 1.29 is 64.8 Å². The van der Waals surface area contributed by atoms with E-state index in [1.165, 1.54) is 11.7 Å². The van der Waals surface area contributed by atoms with Crippen LogP contribution in [0.1, 0.15) is 93.5 Å². The van der Waals surface area contributed by atoms with Gasteiger partial charge in [0, 0.05) is 30.1 Å². The third-order valence-electron chi connectivity index (χ3n) is 8.54. The number of methoxy groups -OCH3 is 1. The number of nitrogens with one attached hydrogen (secondary N) is 3. The number of amides is 4. The number of aromatic nitrogens is 1. The number of carboxylic acid groups (broad SMARTS) is 1. The van der Waals surface area contributed by atoms with Crippen LogP contribution in [0.3, 0.4) is 0 Å². The molecule has 1 saturated heterocycles. The molecule has 1 aromatic carbocycles. The average molecular weight is 666 g/mol. The van der Waals surface area contributed by atoms with Gasteiger partial charge >= 0.3 is 47.7 Å². The van der Waals surface area contributed by atoms with Crippen LogP contribution in [0.15, 0.2) is 30.5 Å². The molecule has 5 atom stereocenters. The van der Waals surface area contributed by atoms with Crippen molar-refractivity contribution in [1.82, 2.24) is 25.4 Å². The summed E-state index contributed by atoms with van der Waals surface area (Å²) < 4.78 is 6.26. The fourth-order valence-corrected chi connectivity index (χ4v) is 6.17. The number of hydrogen-bond acceptors (Lipinski definition) is 6. The summed E-state index contributed by atoms with van der Waals surface area (Å²) in [5.41, 5.74) is 0.785. The Morgan fingerprint density at radius 3 is 2.15 bits per heavy atom. The van der Waals surface area contributed by atoms with Gasteiger partial charge in [0.25, 0.3) is 0 Å². The van der Waals surface area contributed by atoms with E-state index < -0.39 is 42.0 Å². The van der Waals surface area contributed by atoms with Crippen molar-refractivity contribution >= 4 is 40.8 Å². The molecular weight excluding hydrogens is 613 g/mol. The Labute approximate surface area is 301 Å². The third kappa shape index (κ3) is 11.0. The number of para-hydroxylation sites is 1. The molecule has 1 aliphatic heterocycles. The van der Waals surface area contributed by atoms with Crippen LogP contribution >= 0.6 is 0 Å². The van der Waals surface area contributed by atoms with E-state index in [1.807, 2.05) is 41.5 Å². The fourth-order valence-electron chi connectivity index (χ4n) is 6.17. The Morgan fingerprint density at radius 1 is 0.979 bits per heavy atom. The number of carbonyl (C=O) groups excluding carboxylic acids is 4. The number of aliphatic carboxylic acids is 1. The van der Waals surface area contributed by atoms with Crippen LogP contribution < -0.4 is 45.5 Å². The molecule has 0 radical (unpaired) electrons. The summed E-state index contributed by atoms with van der Waals surface area (Å²) in [5, 5.41) is 18.9. The van der Waals surface area contributed by atoms with Gasteiger partial charge in [0.1, 0.15) is 18.1 Å². The molecule has 4 amide bonds. The number of rotatable bonds is 12. The predicted molar refractivity (Wildman–Crippen MR) is 177 cm³/mol. The van der Waals surface area contributed by atoms with E-state index in [9.17, 15) is 29.1 Å². The summed E-state index contributed by atoms with van der Waals surface area (Å²) in [6.07, 6.45) is 5.53. The maximum Gasteiger partial charge on any atom is 1.00 e. The molecule has 13 heteroatoms. The fraction of sp³-hybridized carbons (Fsp3) is 0.618. The van der Waals surface area contributed by atoms with Gasteiger partial charge in [0.2, 0.25) is 11.8 Å². The summed E-state index contributed by atoms with van der Waals surface area (Å²) in [6, 6.07) is 3.49. The Bertz CT molecular complexity index is 1400. The number of ether oxygens (including phenoxy) is 1. The van der Waals surface area contributed by atoms with Crippen LogP contribution in [-0.4, -0.2) is 81.8 Å². The topological polar surface area (TPSA) is 159 Å². The minimum Gasteiger partial charge on any atom is -1.00 e. The van der Waals surface area contributed by atoms with Gasteiger partial charge in [0.05, 0.1) is 12.6 Å². The van der Waals surface area contributed by atoms with Crippen molar-refractivity contribution in [1.29, 1.82) is 0 Å². The van der Waals surface area contributed by atoms with Crippen molar-refractivity contribution in [3.05, 3.63) is 36.0 Å². The number of benzene rings is 1. The molecule has 1 aliphatic rings. The second-order valence-electron chi connectivity index (χ2n) is 13.6. The summed E-state index contributed by atoms with van der Waals surface area (Å²) in [4.78, 5) is 67.6. The molecule has 4 N–H and O–H groups in total. The van der Waals surface area contributed by atoms with Crippen molar-refractivity contribution in [2.75, 3.05) is 7.11 Å². The van der Waals surface area contributed by atoms with Gasteiger partial charge in [-0.1, -0.05) is 58.7 Å². The molecule has 2 aromatic rings. The zero-order chi connectivity index (χ0) is 34.2. The minimum absolute atomic E-state index is 0. The second-order valence-corrected chi connectivity index (χ2v) is 13.6. The summed E-state index contributed by atoms with van der Waals surface area (Å²) in [6.45, 7) is 11.8. The molecule has 256 valence electrons. The second kappa shape index (κ2) is 17.9. The SMILES string of the molecule is CCCC[C@@H](NC(=O)[C@@H](Cc1cn(C(=O)OC)c2ccccc12)NC(=O)[C@H](CC(C)(C)C)NC(=O)N1C(C)CCCC1C)C(=O)O.[H-].[Na+]. The van der Waals surface area contributed by atoms with Crippen molar-refractivity contribution in [3.8, 4) is 0 Å². The molecule has 0 saturated carbocycles. The molecule has 1 fully saturated rings. The number of urea groups is 1. The minimum atomic E-state index is -1.21. The van der Waals surface area contributed by atoms with E-state index in [-0.39, 0.29) is 67.4 Å². The molecule has 0 bridgehead atoms. The Hall–Kier alpha value is -3.09. The number of nitrogens with zero attached hydrogens (tertiary/aromatic N) is 2. The summed E-state index contributed by atoms with van der Waals surface area (Å²) >= 11 is 0. The van der Waals surface area contributed by atoms with Crippen LogP contribution in [0.5, 0.6) is 0 Å². The van der Waals surface area contributed by atoms with Crippen molar-refractivity contribution in [2.45, 2.75) is 123 Å². The Balaban J connectivity index is 0.00000576. The van der Waals surface area contributed by atoms with Gasteiger partial charge in [0.15, 0.2) is 0 Å². The molecular formula is C34H52N5NaO7. The maximum atomic E-state index is 14.0. The average Bonchev–Trinajstić information content (AvgIpc) is 3.35. The monoisotopic (exact) mass is 665 g/mol. The van der Waals surface area contributed by atoms with Crippen LogP contribution in [0, 0.1) is 5.41 Å². The molecule has 3 rings (SSSR count). The van der Waals surface area contributed by atoms with Crippen LogP contribution in [0.25, 0.3) is 10.9 Å². The summed E-state index contributed by atoms with van der Waals surface area (Å²) in [7, 11) is 1.27. The van der Waals surface area contributed by atoms with Crippen LogP contribution in [0.2, 0.25) is 0 Å². The van der Waals surface area contributed by atoms with Gasteiger partial charge in [-0.25, -0.2) is 14.4 Å². The van der Waals surface area contributed by atoms with Crippen LogP contribution in [-0.2, 0) is 25.5 Å². The smallest absolute Gasteiger partial charge is 1.00 e. The quantitative estimate of drug-likeness (QED) is 0.252. The number of carbonyl (C=O) groups is 5. The molecule has 12 nitrogen and oxygen atoms in total. The van der Waals surface area contributed by atoms with E-state index in [1.54, 1.807) is 35.4 Å². The number of carboxylic acids is 1. The van der Waals surface area contributed by atoms with Gasteiger partial charge < -0.3 is 32.1 Å². The van der Waals surface area contributed by atoms with E-state index in [2.05, 4.69) is 16.0 Å². The zero-order valence-electron chi connectivity index (χ0n) is 30.2. The van der Waals surface area contributed by atoms with Crippen molar-refractivity contribution in [2.24, 2.45) is 5.41 Å². The number of fused-ring (bicyclic) bond motifs is 1. The first-order chi connectivity index (χ1) is 21.7. The standard InChI is InChI=1S/C34H51N5O7.Na.H/c1-8-9-16-25(31(42)43)35-29(40)26(18-23-20-38(33(45)46-7)28-17-11-10-15-24(23)28)36-30(41)27(19-34(4,5)6)37-32(44)39-21(2)13-12-14-22(39)3;;/h10-11,15,17,20-22,25-27H,8-9,12-14,16,18-19H2,1-7H3,(H,35,40)(H,36,41)(H,37,44)(H,42,43);;/q;+1;-1/t21?,22?,25-,26-,27+;;/m1../s1. The molecule has 0 aliphatic carbocycles. The van der Waals surface area contributed by atoms with E-state index in [0.717, 1.165) is 25.7 Å². The number of hydrogen-bond donors (Lipinski definition) is 4. The van der Waals surface area contributed by atoms with Gasteiger partial charge in [-0.2, -0.15) is 0 Å². The first-order valence-electron chi connectivity index (χ1n) is 16.3. The largest absolute Gasteiger partial charge is 1.00 e. The van der Waals surface area contributed by atoms with E-state index in [0.29, 0.717) is 29.3 Å². The first-order valence-corrected chi connectivity index (χ1v) is 16.3. The molecule has 0 spiro atoms. The number of unbranched alkanes of at least 4 members (excludes halogenated alkanes) is 1. The number of piperidine rings is 1. The predicted octanol–water partition coefficient (Wildman–Crippen LogP) is 1.94. The van der Waals surface area contributed by atoms with Gasteiger partial charge in [-0.15, -0.1) is 0 Å². The zero-order valence-corrected chi connectivity index (χ0v) is 31.2. The number of likely N-dealkylation sites (tertiary alicyclic amines) is 1. The Kier molecular flexibility index (Phi) is 15.3. The van der Waals surface area contributed by atoms with Gasteiger partial charge in [-0.05, 0) is 63.0 Å². The normalized spacial score (nSPS) is 18.3. The Morgan fingerprint density at radius 2 is 1.57 bits per heavy atom. The summed E-state index contributed by atoms with van der Waals surface area (Å²) in [5.74, 6) is -2.40.